The van der Waals surface area contributed by atoms with Gasteiger partial charge in [0.1, 0.15) is 0 Å². The van der Waals surface area contributed by atoms with Crippen LogP contribution in [0.1, 0.15) is 38.7 Å². The van der Waals surface area contributed by atoms with Crippen molar-refractivity contribution in [2.45, 2.75) is 45.7 Å². The summed E-state index contributed by atoms with van der Waals surface area (Å²) in [4.78, 5) is 6.35. The van der Waals surface area contributed by atoms with Crippen LogP contribution in [0.15, 0.2) is 12.3 Å². The molecule has 0 bridgehead atoms. The van der Waals surface area contributed by atoms with Crippen molar-refractivity contribution in [1.82, 2.24) is 10.3 Å². The zero-order valence-corrected chi connectivity index (χ0v) is 11.2. The smallest absolute Gasteiger partial charge is 0.170 e. The van der Waals surface area contributed by atoms with Gasteiger partial charge in [-0.3, -0.25) is 0 Å². The molecule has 3 nitrogen and oxygen atoms in total. The Balaban J connectivity index is 2.21. The molecule has 4 heteroatoms. The van der Waals surface area contributed by atoms with Crippen LogP contribution in [0, 0.1) is 5.82 Å². The maximum absolute atomic E-state index is 14.4. The van der Waals surface area contributed by atoms with E-state index in [-0.39, 0.29) is 5.82 Å². The summed E-state index contributed by atoms with van der Waals surface area (Å²) in [7, 11) is 0. The van der Waals surface area contributed by atoms with E-state index in [2.05, 4.69) is 22.1 Å². The minimum atomic E-state index is -0.160. The summed E-state index contributed by atoms with van der Waals surface area (Å²) in [5.41, 5.74) is 0.708. The van der Waals surface area contributed by atoms with Gasteiger partial charge in [0, 0.05) is 30.9 Å². The first kappa shape index (κ1) is 13.3. The van der Waals surface area contributed by atoms with E-state index in [1.807, 2.05) is 6.92 Å². The average molecular weight is 251 g/mol. The van der Waals surface area contributed by atoms with Crippen molar-refractivity contribution in [3.05, 3.63) is 23.6 Å². The SMILES string of the molecule is CCNCc1ccnc(N2CCCCC2C)c1F. The van der Waals surface area contributed by atoms with Gasteiger partial charge in [0.15, 0.2) is 11.6 Å². The Kier molecular flexibility index (Phi) is 4.53. The lowest BCUT2D eigenvalue weighted by molar-refractivity contribution is 0.468. The molecular weight excluding hydrogens is 229 g/mol. The highest BCUT2D eigenvalue weighted by Gasteiger charge is 2.23. The van der Waals surface area contributed by atoms with Crippen LogP contribution in [0.4, 0.5) is 10.2 Å². The molecule has 1 N–H and O–H groups in total. The van der Waals surface area contributed by atoms with Crippen LogP contribution in [-0.2, 0) is 6.54 Å². The van der Waals surface area contributed by atoms with Gasteiger partial charge in [0.25, 0.3) is 0 Å². The lowest BCUT2D eigenvalue weighted by atomic mass is 10.0. The minimum Gasteiger partial charge on any atom is -0.351 e. The molecule has 2 rings (SSSR count). The second kappa shape index (κ2) is 6.14. The summed E-state index contributed by atoms with van der Waals surface area (Å²) in [6.45, 7) is 6.50. The quantitative estimate of drug-likeness (QED) is 0.892. The Labute approximate surface area is 108 Å². The standard InChI is InChI=1S/C14H22FN3/c1-3-16-10-12-7-8-17-14(13(12)15)18-9-5-4-6-11(18)2/h7-8,11,16H,3-6,9-10H2,1-2H3. The highest BCUT2D eigenvalue weighted by molar-refractivity contribution is 5.44. The summed E-state index contributed by atoms with van der Waals surface area (Å²) in [5, 5.41) is 3.16. The van der Waals surface area contributed by atoms with Gasteiger partial charge in [-0.05, 0) is 38.8 Å². The molecule has 18 heavy (non-hydrogen) atoms. The predicted molar refractivity (Wildman–Crippen MR) is 72.2 cm³/mol. The summed E-state index contributed by atoms with van der Waals surface area (Å²) in [6.07, 6.45) is 5.20. The molecule has 0 radical (unpaired) electrons. The molecule has 1 aromatic heterocycles. The van der Waals surface area contributed by atoms with E-state index in [9.17, 15) is 4.39 Å². The third kappa shape index (κ3) is 2.80. The van der Waals surface area contributed by atoms with Crippen LogP contribution in [0.5, 0.6) is 0 Å². The summed E-state index contributed by atoms with van der Waals surface area (Å²) in [5.74, 6) is 0.366. The first-order valence-corrected chi connectivity index (χ1v) is 6.84. The van der Waals surface area contributed by atoms with Crippen molar-refractivity contribution in [3.8, 4) is 0 Å². The third-order valence-electron chi connectivity index (χ3n) is 3.59. The zero-order valence-electron chi connectivity index (χ0n) is 11.2. The van der Waals surface area contributed by atoms with Crippen molar-refractivity contribution in [2.24, 2.45) is 0 Å². The molecule has 1 aliphatic heterocycles. The molecular formula is C14H22FN3. The second-order valence-electron chi connectivity index (χ2n) is 4.93. The van der Waals surface area contributed by atoms with Crippen LogP contribution in [0.25, 0.3) is 0 Å². The number of hydrogen-bond acceptors (Lipinski definition) is 3. The zero-order chi connectivity index (χ0) is 13.0. The number of aromatic nitrogens is 1. The highest BCUT2D eigenvalue weighted by Crippen LogP contribution is 2.26. The molecule has 1 saturated heterocycles. The Morgan fingerprint density at radius 1 is 1.50 bits per heavy atom. The normalized spacial score (nSPS) is 20.2. The van der Waals surface area contributed by atoms with Gasteiger partial charge in [-0.2, -0.15) is 0 Å². The monoisotopic (exact) mass is 251 g/mol. The number of piperidine rings is 1. The van der Waals surface area contributed by atoms with Crippen LogP contribution < -0.4 is 10.2 Å². The van der Waals surface area contributed by atoms with Crippen molar-refractivity contribution in [3.63, 3.8) is 0 Å². The molecule has 1 aromatic rings. The Morgan fingerprint density at radius 2 is 2.33 bits per heavy atom. The van der Waals surface area contributed by atoms with E-state index in [4.69, 9.17) is 0 Å². The number of hydrogen-bond donors (Lipinski definition) is 1. The largest absolute Gasteiger partial charge is 0.351 e. The molecule has 1 atom stereocenters. The van der Waals surface area contributed by atoms with Crippen molar-refractivity contribution >= 4 is 5.82 Å². The molecule has 0 saturated carbocycles. The Morgan fingerprint density at radius 3 is 3.06 bits per heavy atom. The van der Waals surface area contributed by atoms with E-state index in [0.29, 0.717) is 24.0 Å². The molecule has 1 aliphatic rings. The van der Waals surface area contributed by atoms with Crippen molar-refractivity contribution < 1.29 is 4.39 Å². The van der Waals surface area contributed by atoms with Gasteiger partial charge in [-0.15, -0.1) is 0 Å². The van der Waals surface area contributed by atoms with E-state index >= 15 is 0 Å². The van der Waals surface area contributed by atoms with E-state index in [1.54, 1.807) is 12.3 Å². The first-order chi connectivity index (χ1) is 8.74. The van der Waals surface area contributed by atoms with Gasteiger partial charge in [0.2, 0.25) is 0 Å². The van der Waals surface area contributed by atoms with Crippen LogP contribution in [0.3, 0.4) is 0 Å². The lowest BCUT2D eigenvalue weighted by Gasteiger charge is -2.34. The van der Waals surface area contributed by atoms with Crippen LogP contribution in [0.2, 0.25) is 0 Å². The first-order valence-electron chi connectivity index (χ1n) is 6.84. The molecule has 0 aromatic carbocycles. The Bertz CT molecular complexity index is 395. The highest BCUT2D eigenvalue weighted by atomic mass is 19.1. The summed E-state index contributed by atoms with van der Waals surface area (Å²) < 4.78 is 14.4. The second-order valence-corrected chi connectivity index (χ2v) is 4.93. The minimum absolute atomic E-state index is 0.160. The number of pyridine rings is 1. The van der Waals surface area contributed by atoms with Crippen molar-refractivity contribution in [2.75, 3.05) is 18.0 Å². The number of halogens is 1. The average Bonchev–Trinajstić information content (AvgIpc) is 2.39. The maximum Gasteiger partial charge on any atom is 0.170 e. The number of anilines is 1. The Hall–Kier alpha value is -1.16. The van der Waals surface area contributed by atoms with Gasteiger partial charge in [0.05, 0.1) is 0 Å². The number of nitrogens with zero attached hydrogens (tertiary/aromatic N) is 2. The topological polar surface area (TPSA) is 28.2 Å². The number of nitrogens with one attached hydrogen (secondary N) is 1. The van der Waals surface area contributed by atoms with E-state index in [0.717, 1.165) is 25.9 Å². The molecule has 0 aliphatic carbocycles. The van der Waals surface area contributed by atoms with E-state index in [1.165, 1.54) is 6.42 Å². The summed E-state index contributed by atoms with van der Waals surface area (Å²) >= 11 is 0. The molecule has 100 valence electrons. The molecule has 1 unspecified atom stereocenters. The van der Waals surface area contributed by atoms with Crippen LogP contribution in [-0.4, -0.2) is 24.1 Å². The number of rotatable bonds is 4. The van der Waals surface area contributed by atoms with Crippen molar-refractivity contribution in [1.29, 1.82) is 0 Å². The fourth-order valence-electron chi connectivity index (χ4n) is 2.48. The molecule has 0 spiro atoms. The fourth-order valence-corrected chi connectivity index (χ4v) is 2.48. The van der Waals surface area contributed by atoms with Crippen LogP contribution >= 0.6 is 0 Å². The van der Waals surface area contributed by atoms with Gasteiger partial charge in [-0.25, -0.2) is 9.37 Å². The third-order valence-corrected chi connectivity index (χ3v) is 3.59. The predicted octanol–water partition coefficient (Wildman–Crippen LogP) is 2.71. The molecule has 2 heterocycles. The maximum atomic E-state index is 14.4. The lowest BCUT2D eigenvalue weighted by Crippen LogP contribution is -2.38. The fraction of sp³-hybridized carbons (Fsp3) is 0.643. The van der Waals surface area contributed by atoms with E-state index < -0.39 is 0 Å². The summed E-state index contributed by atoms with van der Waals surface area (Å²) in [6, 6.07) is 2.14. The van der Waals surface area contributed by atoms with Gasteiger partial charge in [-0.1, -0.05) is 6.92 Å². The molecule has 1 fully saturated rings. The van der Waals surface area contributed by atoms with Gasteiger partial charge < -0.3 is 10.2 Å². The van der Waals surface area contributed by atoms with Gasteiger partial charge >= 0.3 is 0 Å². The molecule has 0 amide bonds.